The van der Waals surface area contributed by atoms with Gasteiger partial charge in [0.2, 0.25) is 0 Å². The lowest BCUT2D eigenvalue weighted by atomic mass is 10.0. The molecule has 0 fully saturated rings. The lowest BCUT2D eigenvalue weighted by Gasteiger charge is -2.30. The third-order valence-electron chi connectivity index (χ3n) is 4.67. The molecule has 0 spiro atoms. The zero-order valence-corrected chi connectivity index (χ0v) is 14.5. The van der Waals surface area contributed by atoms with E-state index in [0.29, 0.717) is 0 Å². The SMILES string of the molecule is Fc1ccc(CCNc2cc(N3CCCc4ccccc43)ncn2)cc1. The highest BCUT2D eigenvalue weighted by Crippen LogP contribution is 2.32. The number of fused-ring (bicyclic) bond motifs is 1. The van der Waals surface area contributed by atoms with Crippen molar-refractivity contribution in [2.24, 2.45) is 0 Å². The standard InChI is InChI=1S/C21H21FN4/c22-18-9-7-16(8-10-18)11-12-23-20-14-21(25-15-24-20)26-13-3-5-17-4-1-2-6-19(17)26/h1-2,4,6-10,14-15H,3,5,11-13H2,(H,23,24,25). The number of anilines is 3. The molecule has 2 heterocycles. The van der Waals surface area contributed by atoms with Gasteiger partial charge >= 0.3 is 0 Å². The fourth-order valence-electron chi connectivity index (χ4n) is 3.35. The predicted octanol–water partition coefficient (Wildman–Crippen LogP) is 4.35. The number of benzene rings is 2. The zero-order valence-electron chi connectivity index (χ0n) is 14.5. The average molecular weight is 348 g/mol. The van der Waals surface area contributed by atoms with E-state index in [4.69, 9.17) is 0 Å². The van der Waals surface area contributed by atoms with Crippen molar-refractivity contribution in [3.8, 4) is 0 Å². The summed E-state index contributed by atoms with van der Waals surface area (Å²) in [5, 5.41) is 3.34. The van der Waals surface area contributed by atoms with Crippen LogP contribution in [0.5, 0.6) is 0 Å². The van der Waals surface area contributed by atoms with Gasteiger partial charge in [0.15, 0.2) is 0 Å². The molecule has 0 saturated carbocycles. The van der Waals surface area contributed by atoms with Crippen molar-refractivity contribution < 1.29 is 4.39 Å². The fourth-order valence-corrected chi connectivity index (χ4v) is 3.35. The van der Waals surface area contributed by atoms with Gasteiger partial charge in [-0.1, -0.05) is 30.3 Å². The van der Waals surface area contributed by atoms with Crippen LogP contribution in [0.1, 0.15) is 17.5 Å². The summed E-state index contributed by atoms with van der Waals surface area (Å²) in [4.78, 5) is 11.1. The van der Waals surface area contributed by atoms with Gasteiger partial charge in [0, 0.05) is 24.8 Å². The molecule has 0 unspecified atom stereocenters. The summed E-state index contributed by atoms with van der Waals surface area (Å²) < 4.78 is 13.0. The number of para-hydroxylation sites is 1. The van der Waals surface area contributed by atoms with Crippen molar-refractivity contribution in [2.75, 3.05) is 23.3 Å². The Morgan fingerprint density at radius 3 is 2.77 bits per heavy atom. The first-order valence-corrected chi connectivity index (χ1v) is 8.95. The zero-order chi connectivity index (χ0) is 17.8. The van der Waals surface area contributed by atoms with E-state index in [1.165, 1.54) is 23.4 Å². The topological polar surface area (TPSA) is 41.0 Å². The second kappa shape index (κ2) is 7.52. The molecule has 1 aliphatic rings. The molecule has 4 nitrogen and oxygen atoms in total. The summed E-state index contributed by atoms with van der Waals surface area (Å²) in [6.45, 7) is 1.70. The van der Waals surface area contributed by atoms with Gasteiger partial charge in [-0.05, 0) is 48.6 Å². The number of halogens is 1. The maximum Gasteiger partial charge on any atom is 0.138 e. The van der Waals surface area contributed by atoms with E-state index in [2.05, 4.69) is 44.5 Å². The van der Waals surface area contributed by atoms with E-state index >= 15 is 0 Å². The van der Waals surface area contributed by atoms with Gasteiger partial charge in [-0.15, -0.1) is 0 Å². The van der Waals surface area contributed by atoms with Crippen molar-refractivity contribution in [3.63, 3.8) is 0 Å². The lowest BCUT2D eigenvalue weighted by molar-refractivity contribution is 0.627. The average Bonchev–Trinajstić information content (AvgIpc) is 2.69. The van der Waals surface area contributed by atoms with Crippen molar-refractivity contribution in [3.05, 3.63) is 77.9 Å². The van der Waals surface area contributed by atoms with Crippen LogP contribution in [-0.2, 0) is 12.8 Å². The number of aromatic nitrogens is 2. The van der Waals surface area contributed by atoms with Gasteiger partial charge in [0.1, 0.15) is 23.8 Å². The minimum absolute atomic E-state index is 0.205. The Bertz CT molecular complexity index is 879. The lowest BCUT2D eigenvalue weighted by Crippen LogP contribution is -2.25. The molecule has 3 aromatic rings. The molecular formula is C21H21FN4. The summed E-state index contributed by atoms with van der Waals surface area (Å²) in [5.74, 6) is 1.51. The quantitative estimate of drug-likeness (QED) is 0.744. The first kappa shape index (κ1) is 16.5. The minimum atomic E-state index is -0.205. The number of hydrogen-bond donors (Lipinski definition) is 1. The summed E-state index contributed by atoms with van der Waals surface area (Å²) >= 11 is 0. The van der Waals surface area contributed by atoms with E-state index in [0.717, 1.165) is 49.6 Å². The number of aryl methyl sites for hydroxylation is 1. The first-order chi connectivity index (χ1) is 12.8. The van der Waals surface area contributed by atoms with Gasteiger partial charge in [-0.2, -0.15) is 0 Å². The molecule has 4 rings (SSSR count). The van der Waals surface area contributed by atoms with Gasteiger partial charge < -0.3 is 10.2 Å². The molecule has 0 radical (unpaired) electrons. The molecule has 0 amide bonds. The van der Waals surface area contributed by atoms with Gasteiger partial charge in [-0.25, -0.2) is 14.4 Å². The Balaban J connectivity index is 1.45. The second-order valence-electron chi connectivity index (χ2n) is 6.45. The minimum Gasteiger partial charge on any atom is -0.370 e. The molecule has 5 heteroatoms. The molecule has 26 heavy (non-hydrogen) atoms. The maximum absolute atomic E-state index is 13.0. The van der Waals surface area contributed by atoms with Crippen LogP contribution in [-0.4, -0.2) is 23.1 Å². The summed E-state index contributed by atoms with van der Waals surface area (Å²) in [5.41, 5.74) is 3.69. The fraction of sp³-hybridized carbons (Fsp3) is 0.238. The Morgan fingerprint density at radius 2 is 1.88 bits per heavy atom. The summed E-state index contributed by atoms with van der Waals surface area (Å²) in [6.07, 6.45) is 4.65. The Morgan fingerprint density at radius 1 is 1.04 bits per heavy atom. The van der Waals surface area contributed by atoms with Crippen molar-refractivity contribution in [1.29, 1.82) is 0 Å². The Kier molecular flexibility index (Phi) is 4.78. The largest absolute Gasteiger partial charge is 0.370 e. The monoisotopic (exact) mass is 348 g/mol. The maximum atomic E-state index is 13.0. The smallest absolute Gasteiger partial charge is 0.138 e. The van der Waals surface area contributed by atoms with Crippen LogP contribution < -0.4 is 10.2 Å². The van der Waals surface area contributed by atoms with Crippen LogP contribution in [0.15, 0.2) is 60.9 Å². The molecule has 0 atom stereocenters. The predicted molar refractivity (Wildman–Crippen MR) is 102 cm³/mol. The molecule has 0 bridgehead atoms. The van der Waals surface area contributed by atoms with Crippen molar-refractivity contribution in [1.82, 2.24) is 9.97 Å². The van der Waals surface area contributed by atoms with E-state index in [1.54, 1.807) is 6.33 Å². The van der Waals surface area contributed by atoms with Crippen molar-refractivity contribution in [2.45, 2.75) is 19.3 Å². The number of rotatable bonds is 5. The number of nitrogens with one attached hydrogen (secondary N) is 1. The normalized spacial score (nSPS) is 13.3. The Hall–Kier alpha value is -2.95. The summed E-state index contributed by atoms with van der Waals surface area (Å²) in [6, 6.07) is 17.1. The van der Waals surface area contributed by atoms with Crippen LogP contribution >= 0.6 is 0 Å². The van der Waals surface area contributed by atoms with Gasteiger partial charge in [0.05, 0.1) is 0 Å². The molecule has 1 aliphatic heterocycles. The molecule has 132 valence electrons. The van der Waals surface area contributed by atoms with E-state index < -0.39 is 0 Å². The van der Waals surface area contributed by atoms with E-state index in [-0.39, 0.29) is 5.82 Å². The highest BCUT2D eigenvalue weighted by Gasteiger charge is 2.18. The van der Waals surface area contributed by atoms with Gasteiger partial charge in [0.25, 0.3) is 0 Å². The van der Waals surface area contributed by atoms with E-state index in [9.17, 15) is 4.39 Å². The molecule has 1 N–H and O–H groups in total. The van der Waals surface area contributed by atoms with Crippen LogP contribution in [0.4, 0.5) is 21.7 Å². The van der Waals surface area contributed by atoms with Gasteiger partial charge in [-0.3, -0.25) is 0 Å². The number of hydrogen-bond acceptors (Lipinski definition) is 4. The summed E-state index contributed by atoms with van der Waals surface area (Å²) in [7, 11) is 0. The highest BCUT2D eigenvalue weighted by atomic mass is 19.1. The van der Waals surface area contributed by atoms with E-state index in [1.807, 2.05) is 18.2 Å². The second-order valence-corrected chi connectivity index (χ2v) is 6.45. The third kappa shape index (κ3) is 3.67. The number of nitrogens with zero attached hydrogens (tertiary/aromatic N) is 3. The molecule has 2 aromatic carbocycles. The molecule has 0 saturated heterocycles. The Labute approximate surface area is 152 Å². The molecule has 1 aromatic heterocycles. The molecule has 0 aliphatic carbocycles. The first-order valence-electron chi connectivity index (χ1n) is 8.95. The van der Waals surface area contributed by atoms with Crippen LogP contribution in [0, 0.1) is 5.82 Å². The van der Waals surface area contributed by atoms with Crippen LogP contribution in [0.2, 0.25) is 0 Å². The highest BCUT2D eigenvalue weighted by molar-refractivity contribution is 5.66. The third-order valence-corrected chi connectivity index (χ3v) is 4.67. The molecular weight excluding hydrogens is 327 g/mol. The van der Waals surface area contributed by atoms with Crippen LogP contribution in [0.25, 0.3) is 0 Å². The van der Waals surface area contributed by atoms with Crippen LogP contribution in [0.3, 0.4) is 0 Å². The van der Waals surface area contributed by atoms with Crippen molar-refractivity contribution >= 4 is 17.3 Å².